The number of pyridine rings is 1. The number of nitrogens with one attached hydrogen (secondary N) is 4. The molecule has 0 radical (unpaired) electrons. The zero-order valence-electron chi connectivity index (χ0n) is 18.9. The van der Waals surface area contributed by atoms with E-state index in [1.165, 1.54) is 4.90 Å². The Bertz CT molecular complexity index is 1020. The fraction of sp³-hybridized carbons (Fsp3) is 0.500. The average Bonchev–Trinajstić information content (AvgIpc) is 3.25. The molecule has 2 aliphatic rings. The molecule has 10 nitrogen and oxygen atoms in total. The molecule has 2 aromatic rings. The number of piperidine rings is 1. The molecule has 0 saturated carbocycles. The molecular formula is C22H30FN9O. The minimum atomic E-state index is -0.865. The number of hydrogen-bond acceptors (Lipinski definition) is 8. The van der Waals surface area contributed by atoms with Gasteiger partial charge in [0, 0.05) is 44.1 Å². The lowest BCUT2D eigenvalue weighted by molar-refractivity contribution is 0.234. The van der Waals surface area contributed by atoms with E-state index < -0.39 is 6.17 Å². The second-order valence-electron chi connectivity index (χ2n) is 8.35. The number of carbonyl (C=O) groups excluding carboxylic acids is 1. The molecule has 2 aromatic heterocycles. The summed E-state index contributed by atoms with van der Waals surface area (Å²) in [6, 6.07) is 3.43. The van der Waals surface area contributed by atoms with Gasteiger partial charge in [0.25, 0.3) is 0 Å². The molecule has 2 saturated heterocycles. The second kappa shape index (κ2) is 9.97. The van der Waals surface area contributed by atoms with Crippen LogP contribution in [0.1, 0.15) is 38.7 Å². The summed E-state index contributed by atoms with van der Waals surface area (Å²) < 4.78 is 13.8. The van der Waals surface area contributed by atoms with Gasteiger partial charge in [0.1, 0.15) is 23.6 Å². The van der Waals surface area contributed by atoms with Gasteiger partial charge in [-0.25, -0.2) is 19.2 Å². The van der Waals surface area contributed by atoms with Crippen molar-refractivity contribution in [1.29, 1.82) is 5.41 Å². The second-order valence-corrected chi connectivity index (χ2v) is 8.35. The van der Waals surface area contributed by atoms with Gasteiger partial charge in [0.2, 0.25) is 5.95 Å². The lowest BCUT2D eigenvalue weighted by Crippen LogP contribution is -2.37. The third-order valence-electron chi connectivity index (χ3n) is 5.85. The number of amidine groups is 1. The van der Waals surface area contributed by atoms with Crippen LogP contribution in [-0.4, -0.2) is 70.1 Å². The number of rotatable bonds is 7. The predicted molar refractivity (Wildman–Crippen MR) is 126 cm³/mol. The quantitative estimate of drug-likeness (QED) is 0.374. The third kappa shape index (κ3) is 5.29. The number of amides is 2. The van der Waals surface area contributed by atoms with E-state index in [0.29, 0.717) is 54.9 Å². The van der Waals surface area contributed by atoms with Crippen molar-refractivity contribution in [2.24, 2.45) is 0 Å². The van der Waals surface area contributed by atoms with E-state index in [0.717, 1.165) is 19.4 Å². The zero-order chi connectivity index (χ0) is 23.4. The monoisotopic (exact) mass is 455 g/mol. The Morgan fingerprint density at radius 3 is 2.94 bits per heavy atom. The van der Waals surface area contributed by atoms with Crippen LogP contribution in [0.25, 0.3) is 0 Å². The van der Waals surface area contributed by atoms with E-state index in [4.69, 9.17) is 5.41 Å². The molecule has 4 heterocycles. The molecule has 176 valence electrons. The molecule has 11 heteroatoms. The minimum Gasteiger partial charge on any atom is -0.382 e. The highest BCUT2D eigenvalue weighted by Gasteiger charge is 2.27. The van der Waals surface area contributed by atoms with E-state index in [1.807, 2.05) is 11.0 Å². The van der Waals surface area contributed by atoms with E-state index in [9.17, 15) is 9.18 Å². The van der Waals surface area contributed by atoms with Gasteiger partial charge >= 0.3 is 6.03 Å². The molecular weight excluding hydrogens is 425 g/mol. The molecule has 1 unspecified atom stereocenters. The van der Waals surface area contributed by atoms with Crippen LogP contribution in [0.5, 0.6) is 0 Å². The number of urea groups is 1. The molecule has 2 amide bonds. The summed E-state index contributed by atoms with van der Waals surface area (Å²) in [6.45, 7) is 6.11. The lowest BCUT2D eigenvalue weighted by Gasteiger charge is -2.29. The van der Waals surface area contributed by atoms with Crippen molar-refractivity contribution in [2.75, 3.05) is 41.7 Å². The highest BCUT2D eigenvalue weighted by Crippen LogP contribution is 2.25. The molecule has 33 heavy (non-hydrogen) atoms. The van der Waals surface area contributed by atoms with Crippen LogP contribution >= 0.6 is 0 Å². The van der Waals surface area contributed by atoms with E-state index in [2.05, 4.69) is 44.7 Å². The maximum Gasteiger partial charge on any atom is 0.323 e. The summed E-state index contributed by atoms with van der Waals surface area (Å²) in [4.78, 5) is 28.6. The van der Waals surface area contributed by atoms with Gasteiger partial charge in [-0.05, 0) is 32.3 Å². The van der Waals surface area contributed by atoms with Gasteiger partial charge in [-0.3, -0.25) is 10.3 Å². The van der Waals surface area contributed by atoms with Crippen molar-refractivity contribution in [3.8, 4) is 0 Å². The van der Waals surface area contributed by atoms with E-state index >= 15 is 0 Å². The summed E-state index contributed by atoms with van der Waals surface area (Å²) in [7, 11) is 0. The Kier molecular flexibility index (Phi) is 6.85. The number of carbonyl (C=O) groups is 1. The number of nitrogens with zero attached hydrogens (tertiary/aromatic N) is 5. The molecule has 4 N–H and O–H groups in total. The van der Waals surface area contributed by atoms with Crippen LogP contribution < -0.4 is 20.9 Å². The number of hydrogen-bond donors (Lipinski definition) is 4. The topological polar surface area (TPSA) is 122 Å². The Hall–Kier alpha value is -3.50. The molecule has 2 aliphatic heterocycles. The summed E-state index contributed by atoms with van der Waals surface area (Å²) in [5, 5.41) is 17.9. The fourth-order valence-electron chi connectivity index (χ4n) is 3.84. The Morgan fingerprint density at radius 1 is 1.36 bits per heavy atom. The number of alkyl halides is 1. The Morgan fingerprint density at radius 2 is 2.21 bits per heavy atom. The van der Waals surface area contributed by atoms with Gasteiger partial charge in [-0.1, -0.05) is 6.92 Å². The molecule has 0 aliphatic carbocycles. The molecule has 0 bridgehead atoms. The lowest BCUT2D eigenvalue weighted by atomic mass is 10.1. The predicted octanol–water partition coefficient (Wildman–Crippen LogP) is 3.11. The molecule has 2 fully saturated rings. The fourth-order valence-corrected chi connectivity index (χ4v) is 3.84. The number of aromatic nitrogens is 3. The molecule has 0 spiro atoms. The van der Waals surface area contributed by atoms with E-state index in [-0.39, 0.29) is 17.9 Å². The SMILES string of the molecule is CCC(C)Nc1cc(Nc2ccnc(N3CCC[C@H](F)C3)n2)ncc1C(=N)N1CCNC1=O. The number of anilines is 4. The largest absolute Gasteiger partial charge is 0.382 e. The highest BCUT2D eigenvalue weighted by atomic mass is 19.1. The molecule has 4 rings (SSSR count). The highest BCUT2D eigenvalue weighted by molar-refractivity contribution is 6.09. The van der Waals surface area contributed by atoms with E-state index in [1.54, 1.807) is 18.5 Å². The summed E-state index contributed by atoms with van der Waals surface area (Å²) >= 11 is 0. The smallest absolute Gasteiger partial charge is 0.323 e. The van der Waals surface area contributed by atoms with Crippen LogP contribution in [0.4, 0.5) is 32.5 Å². The molecule has 2 atom stereocenters. The van der Waals surface area contributed by atoms with Crippen LogP contribution in [0, 0.1) is 5.41 Å². The van der Waals surface area contributed by atoms with Crippen LogP contribution in [0.2, 0.25) is 0 Å². The van der Waals surface area contributed by atoms with Gasteiger partial charge in [0.05, 0.1) is 17.8 Å². The van der Waals surface area contributed by atoms with Crippen molar-refractivity contribution in [1.82, 2.24) is 25.2 Å². The Balaban J connectivity index is 1.57. The van der Waals surface area contributed by atoms with Crippen molar-refractivity contribution >= 4 is 35.1 Å². The van der Waals surface area contributed by atoms with Crippen LogP contribution in [0.15, 0.2) is 24.5 Å². The third-order valence-corrected chi connectivity index (χ3v) is 5.85. The van der Waals surface area contributed by atoms with Gasteiger partial charge in [-0.15, -0.1) is 0 Å². The van der Waals surface area contributed by atoms with Crippen molar-refractivity contribution in [3.05, 3.63) is 30.1 Å². The normalized spacial score (nSPS) is 19.2. The van der Waals surface area contributed by atoms with Gasteiger partial charge in [0.15, 0.2) is 0 Å². The van der Waals surface area contributed by atoms with Crippen molar-refractivity contribution in [2.45, 2.75) is 45.3 Å². The standard InChI is InChI=1S/C22H30FN9O/c1-3-14(2)28-17-11-19(27-12-16(17)20(24)32-10-8-26-22(32)33)29-18-6-7-25-21(30-18)31-9-4-5-15(23)13-31/h6-7,11-12,14-15,24H,3-5,8-10,13H2,1-2H3,(H,26,33)(H2,25,27,28,29,30)/t14?,15-/m0/s1. The van der Waals surface area contributed by atoms with Crippen molar-refractivity contribution < 1.29 is 9.18 Å². The van der Waals surface area contributed by atoms with Crippen molar-refractivity contribution in [3.63, 3.8) is 0 Å². The summed E-state index contributed by atoms with van der Waals surface area (Å²) in [5.74, 6) is 1.67. The summed E-state index contributed by atoms with van der Waals surface area (Å²) in [6.07, 6.45) is 4.60. The minimum absolute atomic E-state index is 0.102. The van der Waals surface area contributed by atoms with Gasteiger partial charge < -0.3 is 20.9 Å². The first-order valence-corrected chi connectivity index (χ1v) is 11.3. The maximum absolute atomic E-state index is 13.8. The first kappa shape index (κ1) is 22.7. The van der Waals surface area contributed by atoms with Crippen LogP contribution in [-0.2, 0) is 0 Å². The maximum atomic E-state index is 13.8. The molecule has 0 aromatic carbocycles. The first-order chi connectivity index (χ1) is 15.9. The van der Waals surface area contributed by atoms with Crippen LogP contribution in [0.3, 0.4) is 0 Å². The Labute approximate surface area is 192 Å². The first-order valence-electron chi connectivity index (χ1n) is 11.3. The van der Waals surface area contributed by atoms with Gasteiger partial charge in [-0.2, -0.15) is 4.98 Å². The number of halogens is 1. The zero-order valence-corrected chi connectivity index (χ0v) is 18.9. The average molecular weight is 456 g/mol. The summed E-state index contributed by atoms with van der Waals surface area (Å²) in [5.41, 5.74) is 1.25.